The summed E-state index contributed by atoms with van der Waals surface area (Å²) in [7, 11) is 0. The van der Waals surface area contributed by atoms with Gasteiger partial charge in [0.25, 0.3) is 5.78 Å². The Morgan fingerprint density at radius 1 is 1.14 bits per heavy atom. The van der Waals surface area contributed by atoms with E-state index in [-0.39, 0.29) is 5.69 Å². The summed E-state index contributed by atoms with van der Waals surface area (Å²) < 4.78 is 37.0. The highest BCUT2D eigenvalue weighted by Gasteiger charge is 2.40. The van der Waals surface area contributed by atoms with Crippen LogP contribution in [0.5, 0.6) is 0 Å². The summed E-state index contributed by atoms with van der Waals surface area (Å²) in [6, 6.07) is 8.65. The molecule has 0 radical (unpaired) electrons. The quantitative estimate of drug-likeness (QED) is 0.832. The molecule has 0 saturated carbocycles. The number of rotatable bonds is 3. The lowest BCUT2D eigenvalue weighted by molar-refractivity contribution is -0.0882. The fraction of sp³-hybridized carbons (Fsp3) is 0.0769. The highest BCUT2D eigenvalue weighted by molar-refractivity contribution is 7.17. The first-order valence-electron chi connectivity index (χ1n) is 5.59. The molecule has 1 aromatic heterocycles. The zero-order valence-corrected chi connectivity index (χ0v) is 11.1. The molecule has 4 nitrogen and oxygen atoms in total. The summed E-state index contributed by atoms with van der Waals surface area (Å²) in [5.74, 6) is -1.89. The number of thiophene rings is 1. The Morgan fingerprint density at radius 2 is 1.86 bits per heavy atom. The van der Waals surface area contributed by atoms with E-state index in [9.17, 15) is 22.8 Å². The molecule has 0 unspecified atom stereocenters. The minimum atomic E-state index is -4.91. The second-order valence-electron chi connectivity index (χ2n) is 4.00. The molecule has 2 aromatic rings. The van der Waals surface area contributed by atoms with Crippen LogP contribution in [0.25, 0.3) is 10.4 Å². The number of carboxylic acid groups (broad SMARTS) is 1. The number of hydrogen-bond donors (Lipinski definition) is 2. The van der Waals surface area contributed by atoms with Crippen molar-refractivity contribution in [3.8, 4) is 10.4 Å². The molecule has 110 valence electrons. The molecule has 2 N–H and O–H groups in total. The van der Waals surface area contributed by atoms with Gasteiger partial charge in [0.2, 0.25) is 0 Å². The molecule has 2 rings (SSSR count). The summed E-state index contributed by atoms with van der Waals surface area (Å²) in [6.45, 7) is 0. The van der Waals surface area contributed by atoms with Crippen LogP contribution in [0.4, 0.5) is 23.7 Å². The number of hydrogen-bond acceptors (Lipinski definition) is 3. The fourth-order valence-electron chi connectivity index (χ4n) is 1.63. The third-order valence-corrected chi connectivity index (χ3v) is 3.62. The van der Waals surface area contributed by atoms with Crippen LogP contribution in [0.1, 0.15) is 9.67 Å². The van der Waals surface area contributed by atoms with Gasteiger partial charge in [-0.25, -0.2) is 4.79 Å². The predicted octanol–water partition coefficient (Wildman–Crippen LogP) is 4.25. The number of benzene rings is 1. The largest absolute Gasteiger partial charge is 0.465 e. The van der Waals surface area contributed by atoms with Gasteiger partial charge in [-0.15, -0.1) is 11.3 Å². The number of ketones is 1. The van der Waals surface area contributed by atoms with Crippen molar-refractivity contribution in [3.05, 3.63) is 41.3 Å². The third-order valence-electron chi connectivity index (χ3n) is 2.49. The van der Waals surface area contributed by atoms with E-state index < -0.39 is 22.9 Å². The van der Waals surface area contributed by atoms with Crippen molar-refractivity contribution in [2.24, 2.45) is 0 Å². The van der Waals surface area contributed by atoms with Crippen LogP contribution in [0.2, 0.25) is 0 Å². The molecule has 1 heterocycles. The lowest BCUT2D eigenvalue weighted by atomic mass is 10.1. The minimum Gasteiger partial charge on any atom is -0.465 e. The number of carbonyl (C=O) groups is 2. The zero-order valence-electron chi connectivity index (χ0n) is 10.3. The molecule has 8 heteroatoms. The maximum absolute atomic E-state index is 12.3. The van der Waals surface area contributed by atoms with E-state index in [2.05, 4.69) is 5.32 Å². The Bertz CT molecular complexity index is 694. The lowest BCUT2D eigenvalue weighted by Gasteiger charge is -2.03. The zero-order chi connectivity index (χ0) is 15.6. The van der Waals surface area contributed by atoms with Gasteiger partial charge in [0.15, 0.2) is 0 Å². The monoisotopic (exact) mass is 315 g/mol. The molecule has 0 aliphatic carbocycles. The van der Waals surface area contributed by atoms with Gasteiger partial charge < -0.3 is 5.11 Å². The molecule has 1 amide bonds. The number of anilines is 1. The van der Waals surface area contributed by atoms with Crippen molar-refractivity contribution in [1.29, 1.82) is 0 Å². The lowest BCUT2D eigenvalue weighted by Crippen LogP contribution is -2.21. The van der Waals surface area contributed by atoms with Gasteiger partial charge >= 0.3 is 12.3 Å². The number of Topliss-reactive ketones (excluding diaryl/α,β-unsaturated/α-hetero) is 1. The normalized spacial score (nSPS) is 11.2. The minimum absolute atomic E-state index is 0.289. The van der Waals surface area contributed by atoms with E-state index in [0.717, 1.165) is 6.07 Å². The van der Waals surface area contributed by atoms with Gasteiger partial charge in [0.05, 0.1) is 4.88 Å². The average molecular weight is 315 g/mol. The van der Waals surface area contributed by atoms with Crippen molar-refractivity contribution in [2.45, 2.75) is 6.18 Å². The topological polar surface area (TPSA) is 66.4 Å². The highest BCUT2D eigenvalue weighted by Crippen LogP contribution is 2.33. The number of halogens is 3. The highest BCUT2D eigenvalue weighted by atomic mass is 32.1. The molecule has 0 fully saturated rings. The van der Waals surface area contributed by atoms with E-state index in [1.165, 1.54) is 18.2 Å². The summed E-state index contributed by atoms with van der Waals surface area (Å²) in [4.78, 5) is 21.7. The Kier molecular flexibility index (Phi) is 3.99. The Hall–Kier alpha value is -2.35. The first kappa shape index (κ1) is 15.0. The van der Waals surface area contributed by atoms with Crippen molar-refractivity contribution in [1.82, 2.24) is 0 Å². The van der Waals surface area contributed by atoms with E-state index in [0.29, 0.717) is 21.8 Å². The van der Waals surface area contributed by atoms with Crippen LogP contribution in [-0.2, 0) is 0 Å². The van der Waals surface area contributed by atoms with E-state index in [4.69, 9.17) is 5.11 Å². The summed E-state index contributed by atoms with van der Waals surface area (Å²) in [6.07, 6.45) is -6.15. The van der Waals surface area contributed by atoms with Gasteiger partial charge in [0.1, 0.15) is 0 Å². The van der Waals surface area contributed by atoms with E-state index >= 15 is 0 Å². The second kappa shape index (κ2) is 5.57. The Morgan fingerprint density at radius 3 is 2.48 bits per heavy atom. The van der Waals surface area contributed by atoms with Gasteiger partial charge in [-0.3, -0.25) is 10.1 Å². The summed E-state index contributed by atoms with van der Waals surface area (Å²) in [5.41, 5.74) is 0.810. The van der Waals surface area contributed by atoms with Gasteiger partial charge in [-0.05, 0) is 29.8 Å². The van der Waals surface area contributed by atoms with Crippen LogP contribution >= 0.6 is 11.3 Å². The number of carbonyl (C=O) groups excluding carboxylic acids is 1. The SMILES string of the molecule is O=C(O)Nc1cccc(-c2ccc(C(=O)C(F)(F)F)s2)c1. The smallest absolute Gasteiger partial charge is 0.455 e. The van der Waals surface area contributed by atoms with Crippen LogP contribution < -0.4 is 5.32 Å². The van der Waals surface area contributed by atoms with Gasteiger partial charge in [-0.2, -0.15) is 13.2 Å². The average Bonchev–Trinajstić information content (AvgIpc) is 2.85. The molecule has 0 atom stereocenters. The molecular weight excluding hydrogens is 307 g/mol. The van der Waals surface area contributed by atoms with Crippen molar-refractivity contribution < 1.29 is 27.9 Å². The molecule has 21 heavy (non-hydrogen) atoms. The standard InChI is InChI=1S/C13H8F3NO3S/c14-13(15,16)11(18)10-5-4-9(21-10)7-2-1-3-8(6-7)17-12(19)20/h1-6,17H,(H,19,20). The maximum atomic E-state index is 12.3. The van der Waals surface area contributed by atoms with Crippen LogP contribution in [-0.4, -0.2) is 23.2 Å². The molecule has 1 aromatic carbocycles. The molecule has 0 bridgehead atoms. The van der Waals surface area contributed by atoms with E-state index in [1.807, 2.05) is 0 Å². The Balaban J connectivity index is 2.30. The summed E-state index contributed by atoms with van der Waals surface area (Å²) in [5, 5.41) is 10.8. The number of amides is 1. The predicted molar refractivity (Wildman–Crippen MR) is 71.8 cm³/mol. The third kappa shape index (κ3) is 3.60. The molecule has 0 spiro atoms. The Labute approximate surface area is 120 Å². The van der Waals surface area contributed by atoms with Crippen molar-refractivity contribution in [2.75, 3.05) is 5.32 Å². The van der Waals surface area contributed by atoms with E-state index in [1.54, 1.807) is 12.1 Å². The second-order valence-corrected chi connectivity index (χ2v) is 5.09. The molecular formula is C13H8F3NO3S. The van der Waals surface area contributed by atoms with Crippen LogP contribution in [0, 0.1) is 0 Å². The van der Waals surface area contributed by atoms with Gasteiger partial charge in [0, 0.05) is 10.6 Å². The first-order valence-corrected chi connectivity index (χ1v) is 6.41. The first-order chi connectivity index (χ1) is 9.77. The number of nitrogens with one attached hydrogen (secondary N) is 1. The van der Waals surface area contributed by atoms with Crippen molar-refractivity contribution in [3.63, 3.8) is 0 Å². The maximum Gasteiger partial charge on any atom is 0.455 e. The molecule has 0 aliphatic heterocycles. The summed E-state index contributed by atoms with van der Waals surface area (Å²) >= 11 is 0.704. The number of alkyl halides is 3. The van der Waals surface area contributed by atoms with Crippen molar-refractivity contribution >= 4 is 28.9 Å². The molecule has 0 aliphatic rings. The molecule has 0 saturated heterocycles. The van der Waals surface area contributed by atoms with Crippen LogP contribution in [0.3, 0.4) is 0 Å². The fourth-order valence-corrected chi connectivity index (χ4v) is 2.59. The van der Waals surface area contributed by atoms with Gasteiger partial charge in [-0.1, -0.05) is 12.1 Å². The van der Waals surface area contributed by atoms with Crippen LogP contribution in [0.15, 0.2) is 36.4 Å².